The van der Waals surface area contributed by atoms with E-state index in [0.717, 1.165) is 4.90 Å². The van der Waals surface area contributed by atoms with E-state index in [9.17, 15) is 4.79 Å². The highest BCUT2D eigenvalue weighted by Crippen LogP contribution is 2.33. The Morgan fingerprint density at radius 3 is 2.76 bits per heavy atom. The molecule has 4 nitrogen and oxygen atoms in total. The van der Waals surface area contributed by atoms with E-state index in [-0.39, 0.29) is 0 Å². The first kappa shape index (κ1) is 13.7. The maximum Gasteiger partial charge on any atom is 0.316 e. The van der Waals surface area contributed by atoms with Gasteiger partial charge in [-0.05, 0) is 31.5 Å². The van der Waals surface area contributed by atoms with Crippen molar-refractivity contribution in [1.82, 2.24) is 0 Å². The summed E-state index contributed by atoms with van der Waals surface area (Å²) in [4.78, 5) is 11.7. The molecule has 1 atom stereocenters. The van der Waals surface area contributed by atoms with Crippen LogP contribution in [0.5, 0.6) is 5.75 Å². The lowest BCUT2D eigenvalue weighted by atomic mass is 10.3. The number of carbonyl (C=O) groups is 1. The Balaban J connectivity index is 2.88. The average molecular weight is 255 g/mol. The first-order valence-corrected chi connectivity index (χ1v) is 6.38. The molecular weight excluding hydrogens is 238 g/mol. The predicted molar refractivity (Wildman–Crippen MR) is 69.6 cm³/mol. The second-order valence-electron chi connectivity index (χ2n) is 3.49. The molecule has 0 aromatic heterocycles. The number of benzene rings is 1. The first-order valence-electron chi connectivity index (χ1n) is 5.50. The molecule has 0 spiro atoms. The fourth-order valence-corrected chi connectivity index (χ4v) is 2.30. The van der Waals surface area contributed by atoms with Gasteiger partial charge in [0.15, 0.2) is 0 Å². The van der Waals surface area contributed by atoms with Gasteiger partial charge in [-0.1, -0.05) is 6.92 Å². The zero-order valence-corrected chi connectivity index (χ0v) is 10.8. The number of hydrogen-bond donors (Lipinski definition) is 2. The van der Waals surface area contributed by atoms with Gasteiger partial charge in [0.2, 0.25) is 0 Å². The smallest absolute Gasteiger partial charge is 0.316 e. The summed E-state index contributed by atoms with van der Waals surface area (Å²) in [5.41, 5.74) is 6.40. The van der Waals surface area contributed by atoms with Gasteiger partial charge in [0, 0.05) is 10.6 Å². The summed E-state index contributed by atoms with van der Waals surface area (Å²) in [6.07, 6.45) is 0.554. The molecule has 0 aliphatic heterocycles. The van der Waals surface area contributed by atoms with E-state index >= 15 is 0 Å². The Bertz CT molecular complexity index is 395. The Labute approximate surface area is 105 Å². The number of rotatable bonds is 6. The van der Waals surface area contributed by atoms with Crippen molar-refractivity contribution in [2.45, 2.75) is 30.4 Å². The zero-order chi connectivity index (χ0) is 12.8. The quantitative estimate of drug-likeness (QED) is 0.604. The number of carboxylic acids is 1. The van der Waals surface area contributed by atoms with Crippen LogP contribution in [0.3, 0.4) is 0 Å². The van der Waals surface area contributed by atoms with Crippen LogP contribution in [0.2, 0.25) is 0 Å². The number of nitrogens with two attached hydrogens (primary N) is 1. The summed E-state index contributed by atoms with van der Waals surface area (Å²) < 4.78 is 5.36. The molecule has 0 amide bonds. The van der Waals surface area contributed by atoms with Gasteiger partial charge in [-0.3, -0.25) is 4.79 Å². The molecular formula is C12H17NO3S. The molecule has 1 unspecified atom stereocenters. The first-order chi connectivity index (χ1) is 8.08. The Hall–Kier alpha value is -1.36. The summed E-state index contributed by atoms with van der Waals surface area (Å²) in [5, 5.41) is 8.53. The minimum Gasteiger partial charge on any atom is -0.494 e. The summed E-state index contributed by atoms with van der Waals surface area (Å²) in [7, 11) is 0. The molecule has 0 saturated carbocycles. The van der Waals surface area contributed by atoms with Gasteiger partial charge in [0.05, 0.1) is 6.61 Å². The van der Waals surface area contributed by atoms with E-state index in [4.69, 9.17) is 15.6 Å². The fourth-order valence-electron chi connectivity index (χ4n) is 1.33. The molecule has 0 bridgehead atoms. The van der Waals surface area contributed by atoms with Crippen LogP contribution < -0.4 is 10.5 Å². The Kier molecular flexibility index (Phi) is 5.15. The molecule has 1 rings (SSSR count). The van der Waals surface area contributed by atoms with Crippen molar-refractivity contribution in [2.24, 2.45) is 0 Å². The van der Waals surface area contributed by atoms with Crippen LogP contribution in [0.1, 0.15) is 20.3 Å². The van der Waals surface area contributed by atoms with Crippen LogP contribution in [0.4, 0.5) is 5.69 Å². The monoisotopic (exact) mass is 255 g/mol. The van der Waals surface area contributed by atoms with Crippen molar-refractivity contribution < 1.29 is 14.6 Å². The van der Waals surface area contributed by atoms with Crippen LogP contribution in [0.25, 0.3) is 0 Å². The maximum atomic E-state index is 11.0. The second-order valence-corrected chi connectivity index (χ2v) is 4.73. The molecule has 0 aliphatic rings. The molecule has 0 radical (unpaired) electrons. The second kappa shape index (κ2) is 6.39. The summed E-state index contributed by atoms with van der Waals surface area (Å²) in [5.74, 6) is -0.108. The van der Waals surface area contributed by atoms with Crippen LogP contribution in [-0.4, -0.2) is 22.9 Å². The average Bonchev–Trinajstić information content (AvgIpc) is 2.29. The molecule has 1 aromatic rings. The molecule has 94 valence electrons. The lowest BCUT2D eigenvalue weighted by Crippen LogP contribution is -2.15. The molecule has 0 saturated heterocycles. The number of carboxylic acid groups (broad SMARTS) is 1. The van der Waals surface area contributed by atoms with Crippen molar-refractivity contribution >= 4 is 23.4 Å². The molecule has 0 aliphatic carbocycles. The maximum absolute atomic E-state index is 11.0. The van der Waals surface area contributed by atoms with Gasteiger partial charge in [-0.2, -0.15) is 0 Å². The van der Waals surface area contributed by atoms with Crippen LogP contribution in [-0.2, 0) is 4.79 Å². The third kappa shape index (κ3) is 3.85. The standard InChI is InChI=1S/C12H17NO3S/c1-3-10(12(14)15)17-11-7-8(16-4-2)5-6-9(11)13/h5-7,10H,3-4,13H2,1-2H3,(H,14,15). The summed E-state index contributed by atoms with van der Waals surface area (Å²) >= 11 is 1.26. The minimum atomic E-state index is -0.821. The number of nitrogen functional groups attached to an aromatic ring is 1. The largest absolute Gasteiger partial charge is 0.494 e. The van der Waals surface area contributed by atoms with Crippen molar-refractivity contribution in [3.8, 4) is 5.75 Å². The number of ether oxygens (including phenoxy) is 1. The van der Waals surface area contributed by atoms with Crippen LogP contribution in [0, 0.1) is 0 Å². The van der Waals surface area contributed by atoms with Gasteiger partial charge in [0.25, 0.3) is 0 Å². The van der Waals surface area contributed by atoms with Crippen molar-refractivity contribution in [2.75, 3.05) is 12.3 Å². The highest BCUT2D eigenvalue weighted by molar-refractivity contribution is 8.00. The van der Waals surface area contributed by atoms with Gasteiger partial charge in [0.1, 0.15) is 11.0 Å². The Morgan fingerprint density at radius 2 is 2.24 bits per heavy atom. The van der Waals surface area contributed by atoms with E-state index in [2.05, 4.69) is 0 Å². The Morgan fingerprint density at radius 1 is 1.53 bits per heavy atom. The molecule has 0 heterocycles. The number of anilines is 1. The third-order valence-electron chi connectivity index (χ3n) is 2.21. The molecule has 1 aromatic carbocycles. The van der Waals surface area contributed by atoms with E-state index < -0.39 is 11.2 Å². The van der Waals surface area contributed by atoms with Crippen LogP contribution in [0.15, 0.2) is 23.1 Å². The van der Waals surface area contributed by atoms with Crippen molar-refractivity contribution in [3.05, 3.63) is 18.2 Å². The highest BCUT2D eigenvalue weighted by atomic mass is 32.2. The van der Waals surface area contributed by atoms with E-state index in [1.54, 1.807) is 18.2 Å². The van der Waals surface area contributed by atoms with Gasteiger partial charge >= 0.3 is 5.97 Å². The van der Waals surface area contributed by atoms with E-state index in [1.165, 1.54) is 11.8 Å². The van der Waals surface area contributed by atoms with Crippen molar-refractivity contribution in [3.63, 3.8) is 0 Å². The van der Waals surface area contributed by atoms with Gasteiger partial charge in [-0.25, -0.2) is 0 Å². The normalized spacial score (nSPS) is 12.1. The van der Waals surface area contributed by atoms with Gasteiger partial charge < -0.3 is 15.6 Å². The van der Waals surface area contributed by atoms with Gasteiger partial charge in [-0.15, -0.1) is 11.8 Å². The fraction of sp³-hybridized carbons (Fsp3) is 0.417. The lowest BCUT2D eigenvalue weighted by Gasteiger charge is -2.12. The van der Waals surface area contributed by atoms with Crippen LogP contribution >= 0.6 is 11.8 Å². The molecule has 17 heavy (non-hydrogen) atoms. The summed E-state index contributed by atoms with van der Waals surface area (Å²) in [6.45, 7) is 4.31. The zero-order valence-electron chi connectivity index (χ0n) is 9.97. The lowest BCUT2D eigenvalue weighted by molar-refractivity contribution is -0.136. The predicted octanol–water partition coefficient (Wildman–Crippen LogP) is 2.62. The van der Waals surface area contributed by atoms with E-state index in [0.29, 0.717) is 24.5 Å². The van der Waals surface area contributed by atoms with E-state index in [1.807, 2.05) is 13.8 Å². The highest BCUT2D eigenvalue weighted by Gasteiger charge is 2.18. The topological polar surface area (TPSA) is 72.5 Å². The molecule has 3 N–H and O–H groups in total. The van der Waals surface area contributed by atoms with Crippen molar-refractivity contribution in [1.29, 1.82) is 0 Å². The minimum absolute atomic E-state index is 0.478. The molecule has 0 fully saturated rings. The summed E-state index contributed by atoms with van der Waals surface area (Å²) in [6, 6.07) is 5.31. The number of hydrogen-bond acceptors (Lipinski definition) is 4. The third-order valence-corrected chi connectivity index (χ3v) is 3.64. The number of aliphatic carboxylic acids is 1. The number of thioether (sulfide) groups is 1. The molecule has 5 heteroatoms. The SMILES string of the molecule is CCOc1ccc(N)c(SC(CC)C(=O)O)c1.